The third-order valence-electron chi connectivity index (χ3n) is 1.36. The van der Waals surface area contributed by atoms with Crippen molar-refractivity contribution >= 4 is 41.1 Å². The fourth-order valence-electron chi connectivity index (χ4n) is 0.793. The van der Waals surface area contributed by atoms with Crippen LogP contribution in [0.2, 0.25) is 0 Å². The molecule has 58 valence electrons. The van der Waals surface area contributed by atoms with Crippen LogP contribution in [0.3, 0.4) is 0 Å². The van der Waals surface area contributed by atoms with Crippen molar-refractivity contribution in [1.82, 2.24) is 0 Å². The number of rotatable bonds is 2. The summed E-state index contributed by atoms with van der Waals surface area (Å²) >= 11 is 0. The van der Waals surface area contributed by atoms with Gasteiger partial charge in [0.25, 0.3) is 0 Å². The molecule has 0 fully saturated rings. The summed E-state index contributed by atoms with van der Waals surface area (Å²) in [5.74, 6) is -0.846. The van der Waals surface area contributed by atoms with Gasteiger partial charge in [-0.15, -0.1) is 0 Å². The SMILES string of the molecule is CC(=O)C(=O)c1ccccc1.[NaH]. The van der Waals surface area contributed by atoms with Crippen LogP contribution in [0.5, 0.6) is 0 Å². The van der Waals surface area contributed by atoms with Crippen LogP contribution >= 0.6 is 0 Å². The summed E-state index contributed by atoms with van der Waals surface area (Å²) < 4.78 is 0. The van der Waals surface area contributed by atoms with Gasteiger partial charge in [0.05, 0.1) is 0 Å². The molecular weight excluding hydrogens is 163 g/mol. The third-order valence-corrected chi connectivity index (χ3v) is 1.36. The first-order chi connectivity index (χ1) is 5.22. The van der Waals surface area contributed by atoms with Crippen molar-refractivity contribution in [3.05, 3.63) is 35.9 Å². The Bertz CT molecular complexity index is 280. The second-order valence-corrected chi connectivity index (χ2v) is 2.25. The van der Waals surface area contributed by atoms with E-state index in [2.05, 4.69) is 0 Å². The monoisotopic (exact) mass is 172 g/mol. The van der Waals surface area contributed by atoms with Crippen molar-refractivity contribution in [1.29, 1.82) is 0 Å². The summed E-state index contributed by atoms with van der Waals surface area (Å²) in [6.07, 6.45) is 0. The van der Waals surface area contributed by atoms with E-state index in [-0.39, 0.29) is 29.6 Å². The molecule has 2 nitrogen and oxygen atoms in total. The van der Waals surface area contributed by atoms with Gasteiger partial charge in [-0.1, -0.05) is 30.3 Å². The zero-order valence-corrected chi connectivity index (χ0v) is 6.20. The van der Waals surface area contributed by atoms with E-state index in [0.717, 1.165) is 0 Å². The molecule has 0 atom stereocenters. The van der Waals surface area contributed by atoms with Crippen LogP contribution in [0.25, 0.3) is 0 Å². The maximum atomic E-state index is 11.0. The van der Waals surface area contributed by atoms with Crippen molar-refractivity contribution in [3.8, 4) is 0 Å². The minimum absolute atomic E-state index is 0. The molecule has 1 rings (SSSR count). The predicted octanol–water partition coefficient (Wildman–Crippen LogP) is 0.810. The number of hydrogen-bond acceptors (Lipinski definition) is 2. The van der Waals surface area contributed by atoms with Gasteiger partial charge >= 0.3 is 29.6 Å². The van der Waals surface area contributed by atoms with E-state index in [0.29, 0.717) is 5.56 Å². The van der Waals surface area contributed by atoms with E-state index in [9.17, 15) is 9.59 Å². The molecule has 0 aliphatic carbocycles. The molecule has 1 aromatic rings. The summed E-state index contributed by atoms with van der Waals surface area (Å²) in [6, 6.07) is 8.52. The van der Waals surface area contributed by atoms with Crippen LogP contribution in [0, 0.1) is 0 Å². The summed E-state index contributed by atoms with van der Waals surface area (Å²) in [7, 11) is 0. The van der Waals surface area contributed by atoms with Gasteiger partial charge in [-0.05, 0) is 0 Å². The molecule has 0 aliphatic heterocycles. The Hall–Kier alpha value is -0.440. The molecule has 12 heavy (non-hydrogen) atoms. The molecule has 0 amide bonds. The second kappa shape index (κ2) is 5.25. The zero-order valence-electron chi connectivity index (χ0n) is 6.20. The van der Waals surface area contributed by atoms with Crippen LogP contribution in [0.15, 0.2) is 30.3 Å². The fourth-order valence-corrected chi connectivity index (χ4v) is 0.793. The molecule has 0 saturated heterocycles. The Labute approximate surface area is 93.3 Å². The second-order valence-electron chi connectivity index (χ2n) is 2.25. The topological polar surface area (TPSA) is 34.1 Å². The molecule has 0 heterocycles. The zero-order chi connectivity index (χ0) is 8.27. The van der Waals surface area contributed by atoms with E-state index < -0.39 is 11.6 Å². The van der Waals surface area contributed by atoms with Gasteiger partial charge in [0.15, 0.2) is 5.78 Å². The predicted molar refractivity (Wildman–Crippen MR) is 48.6 cm³/mol. The van der Waals surface area contributed by atoms with Crippen molar-refractivity contribution in [2.24, 2.45) is 0 Å². The van der Waals surface area contributed by atoms with Crippen LogP contribution in [0.4, 0.5) is 0 Å². The Kier molecular flexibility index (Phi) is 5.06. The van der Waals surface area contributed by atoms with E-state index in [1.807, 2.05) is 0 Å². The van der Waals surface area contributed by atoms with Crippen LogP contribution in [-0.2, 0) is 4.79 Å². The normalized spacial score (nSPS) is 8.42. The number of Topliss-reactive ketones (excluding diaryl/α,β-unsaturated/α-hetero) is 2. The Morgan fingerprint density at radius 2 is 1.58 bits per heavy atom. The summed E-state index contributed by atoms with van der Waals surface area (Å²) in [6.45, 7) is 1.27. The number of hydrogen-bond donors (Lipinski definition) is 0. The molecule has 0 bridgehead atoms. The maximum absolute atomic E-state index is 11.0. The molecule has 1 aromatic carbocycles. The van der Waals surface area contributed by atoms with E-state index in [1.54, 1.807) is 30.3 Å². The summed E-state index contributed by atoms with van der Waals surface area (Å²) in [5.41, 5.74) is 0.458. The van der Waals surface area contributed by atoms with Crippen LogP contribution in [0.1, 0.15) is 17.3 Å². The number of ketones is 2. The average molecular weight is 172 g/mol. The molecule has 0 saturated carbocycles. The van der Waals surface area contributed by atoms with E-state index in [1.165, 1.54) is 6.92 Å². The number of benzene rings is 1. The van der Waals surface area contributed by atoms with E-state index >= 15 is 0 Å². The number of carbonyl (C=O) groups excluding carboxylic acids is 2. The molecule has 0 aromatic heterocycles. The number of carbonyl (C=O) groups is 2. The van der Waals surface area contributed by atoms with E-state index in [4.69, 9.17) is 0 Å². The molecule has 0 radical (unpaired) electrons. The fraction of sp³-hybridized carbons (Fsp3) is 0.111. The molecule has 0 spiro atoms. The van der Waals surface area contributed by atoms with Crippen molar-refractivity contribution in [2.75, 3.05) is 0 Å². The average Bonchev–Trinajstić information content (AvgIpc) is 2.05. The quantitative estimate of drug-likeness (QED) is 0.376. The Balaban J connectivity index is 0.00000121. The van der Waals surface area contributed by atoms with Gasteiger partial charge in [0.2, 0.25) is 5.78 Å². The van der Waals surface area contributed by atoms with Gasteiger partial charge in [-0.2, -0.15) is 0 Å². The van der Waals surface area contributed by atoms with Crippen LogP contribution in [-0.4, -0.2) is 41.1 Å². The molecule has 0 N–H and O–H groups in total. The molecule has 3 heteroatoms. The molecule has 0 unspecified atom stereocenters. The Morgan fingerprint density at radius 1 is 1.08 bits per heavy atom. The molecule has 0 aliphatic rings. The Morgan fingerprint density at radius 3 is 2.00 bits per heavy atom. The third kappa shape index (κ3) is 2.89. The van der Waals surface area contributed by atoms with Gasteiger partial charge in [0, 0.05) is 12.5 Å². The minimum atomic E-state index is -0.425. The first kappa shape index (κ1) is 11.6. The summed E-state index contributed by atoms with van der Waals surface area (Å²) in [4.78, 5) is 21.6. The van der Waals surface area contributed by atoms with Crippen LogP contribution < -0.4 is 0 Å². The summed E-state index contributed by atoms with van der Waals surface area (Å²) in [5, 5.41) is 0. The van der Waals surface area contributed by atoms with Crippen molar-refractivity contribution < 1.29 is 9.59 Å². The van der Waals surface area contributed by atoms with Gasteiger partial charge in [-0.25, -0.2) is 0 Å². The van der Waals surface area contributed by atoms with Crippen molar-refractivity contribution in [3.63, 3.8) is 0 Å². The first-order valence-electron chi connectivity index (χ1n) is 3.32. The standard InChI is InChI=1S/C9H8O2.Na.H/c1-7(10)9(11)8-5-3-2-4-6-8;;/h2-6H,1H3;;. The molecular formula is C9H9NaO2. The first-order valence-corrected chi connectivity index (χ1v) is 3.32. The van der Waals surface area contributed by atoms with Crippen molar-refractivity contribution in [2.45, 2.75) is 6.92 Å². The van der Waals surface area contributed by atoms with Gasteiger partial charge < -0.3 is 0 Å². The van der Waals surface area contributed by atoms with Gasteiger partial charge in [0.1, 0.15) is 0 Å². The van der Waals surface area contributed by atoms with Gasteiger partial charge in [-0.3, -0.25) is 9.59 Å².